The average molecular weight is 280 g/mol. The number of aliphatic hydroxyl groups excluding tert-OH is 1. The summed E-state index contributed by atoms with van der Waals surface area (Å²) in [5.74, 6) is 0.571. The van der Waals surface area contributed by atoms with Crippen LogP contribution in [0.15, 0.2) is 24.3 Å². The fourth-order valence-corrected chi connectivity index (χ4v) is 3.37. The highest BCUT2D eigenvalue weighted by molar-refractivity contribution is 6.31. The van der Waals surface area contributed by atoms with Crippen LogP contribution in [0.2, 0.25) is 5.02 Å². The molecule has 3 heteroatoms. The van der Waals surface area contributed by atoms with Gasteiger partial charge >= 0.3 is 0 Å². The van der Waals surface area contributed by atoms with Gasteiger partial charge < -0.3 is 5.11 Å². The number of β-amino-alcohol motifs (C(OH)–C–C–N with tert-alkyl or cyclic N) is 1. The van der Waals surface area contributed by atoms with Gasteiger partial charge in [0.25, 0.3) is 0 Å². The first-order valence-corrected chi connectivity index (χ1v) is 7.77. The third-order valence-electron chi connectivity index (χ3n) is 4.50. The lowest BCUT2D eigenvalue weighted by Gasteiger charge is -2.27. The zero-order valence-corrected chi connectivity index (χ0v) is 12.0. The third kappa shape index (κ3) is 3.31. The monoisotopic (exact) mass is 279 g/mol. The third-order valence-corrected chi connectivity index (χ3v) is 4.87. The predicted octanol–water partition coefficient (Wildman–Crippen LogP) is 3.12. The molecule has 0 spiro atoms. The molecule has 1 aliphatic carbocycles. The van der Waals surface area contributed by atoms with Crippen LogP contribution in [0.5, 0.6) is 0 Å². The Morgan fingerprint density at radius 2 is 2.05 bits per heavy atom. The topological polar surface area (TPSA) is 23.5 Å². The number of rotatable bonds is 5. The van der Waals surface area contributed by atoms with E-state index in [1.54, 1.807) is 0 Å². The number of nitrogens with zero attached hydrogens (tertiary/aromatic N) is 1. The van der Waals surface area contributed by atoms with Crippen LogP contribution in [0.3, 0.4) is 0 Å². The fraction of sp³-hybridized carbons (Fsp3) is 0.625. The SMILES string of the molecule is OC(CN1CCCC1Cc1ccccc1Cl)C1CC1. The maximum Gasteiger partial charge on any atom is 0.0695 e. The molecule has 2 nitrogen and oxygen atoms in total. The summed E-state index contributed by atoms with van der Waals surface area (Å²) in [4.78, 5) is 2.46. The van der Waals surface area contributed by atoms with E-state index in [9.17, 15) is 5.11 Å². The van der Waals surface area contributed by atoms with Crippen molar-refractivity contribution in [2.75, 3.05) is 13.1 Å². The second kappa shape index (κ2) is 5.82. The molecule has 3 rings (SSSR count). The molecule has 1 N–H and O–H groups in total. The van der Waals surface area contributed by atoms with Gasteiger partial charge in [0.1, 0.15) is 0 Å². The van der Waals surface area contributed by atoms with Crippen LogP contribution in [0.25, 0.3) is 0 Å². The summed E-state index contributed by atoms with van der Waals surface area (Å²) in [6.45, 7) is 1.97. The average Bonchev–Trinajstić information content (AvgIpc) is 3.17. The molecular weight excluding hydrogens is 258 g/mol. The minimum atomic E-state index is -0.119. The highest BCUT2D eigenvalue weighted by atomic mass is 35.5. The first-order valence-electron chi connectivity index (χ1n) is 7.39. The molecule has 1 aromatic rings. The van der Waals surface area contributed by atoms with E-state index in [1.807, 2.05) is 12.1 Å². The van der Waals surface area contributed by atoms with Crippen molar-refractivity contribution in [1.82, 2.24) is 4.90 Å². The quantitative estimate of drug-likeness (QED) is 0.895. The van der Waals surface area contributed by atoms with Gasteiger partial charge in [0.2, 0.25) is 0 Å². The van der Waals surface area contributed by atoms with Crippen molar-refractivity contribution in [3.05, 3.63) is 34.9 Å². The Morgan fingerprint density at radius 1 is 1.26 bits per heavy atom. The van der Waals surface area contributed by atoms with Crippen LogP contribution < -0.4 is 0 Å². The number of likely N-dealkylation sites (tertiary alicyclic amines) is 1. The summed E-state index contributed by atoms with van der Waals surface area (Å²) < 4.78 is 0. The lowest BCUT2D eigenvalue weighted by molar-refractivity contribution is 0.0891. The zero-order chi connectivity index (χ0) is 13.2. The second-order valence-corrected chi connectivity index (χ2v) is 6.40. The molecule has 1 aromatic carbocycles. The van der Waals surface area contributed by atoms with Gasteiger partial charge in [-0.2, -0.15) is 0 Å². The predicted molar refractivity (Wildman–Crippen MR) is 78.5 cm³/mol. The van der Waals surface area contributed by atoms with Crippen molar-refractivity contribution < 1.29 is 5.11 Å². The molecular formula is C16H22ClNO. The van der Waals surface area contributed by atoms with Gasteiger partial charge in [-0.15, -0.1) is 0 Å². The lowest BCUT2D eigenvalue weighted by atomic mass is 10.0. The standard InChI is InChI=1S/C16H22ClNO/c17-15-6-2-1-4-13(15)10-14-5-3-9-18(14)11-16(19)12-7-8-12/h1-2,4,6,12,14,16,19H,3,5,7-11H2. The van der Waals surface area contributed by atoms with E-state index in [0.717, 1.165) is 24.5 Å². The van der Waals surface area contributed by atoms with Crippen molar-refractivity contribution in [1.29, 1.82) is 0 Å². The molecule has 2 aliphatic rings. The first kappa shape index (κ1) is 13.4. The van der Waals surface area contributed by atoms with Crippen molar-refractivity contribution in [2.45, 2.75) is 44.2 Å². The maximum atomic E-state index is 10.1. The summed E-state index contributed by atoms with van der Waals surface area (Å²) in [6.07, 6.45) is 5.78. The van der Waals surface area contributed by atoms with Crippen LogP contribution >= 0.6 is 11.6 Å². The minimum absolute atomic E-state index is 0.119. The Balaban J connectivity index is 1.61. The van der Waals surface area contributed by atoms with Gasteiger partial charge in [-0.1, -0.05) is 29.8 Å². The normalized spacial score (nSPS) is 25.7. The molecule has 0 bridgehead atoms. The molecule has 19 heavy (non-hydrogen) atoms. The molecule has 1 aliphatic heterocycles. The Morgan fingerprint density at radius 3 is 2.79 bits per heavy atom. The van der Waals surface area contributed by atoms with Crippen molar-refractivity contribution in [3.8, 4) is 0 Å². The molecule has 1 heterocycles. The Bertz CT molecular complexity index is 433. The van der Waals surface area contributed by atoms with Crippen LogP contribution in [0, 0.1) is 5.92 Å². The smallest absolute Gasteiger partial charge is 0.0695 e. The van der Waals surface area contributed by atoms with E-state index in [4.69, 9.17) is 11.6 Å². The van der Waals surface area contributed by atoms with Gasteiger partial charge in [0.15, 0.2) is 0 Å². The van der Waals surface area contributed by atoms with E-state index in [-0.39, 0.29) is 6.10 Å². The molecule has 0 aromatic heterocycles. The number of hydrogen-bond donors (Lipinski definition) is 1. The van der Waals surface area contributed by atoms with Gasteiger partial charge in [0, 0.05) is 17.6 Å². The number of hydrogen-bond acceptors (Lipinski definition) is 2. The molecule has 0 amide bonds. The highest BCUT2D eigenvalue weighted by Crippen LogP contribution is 2.34. The van der Waals surface area contributed by atoms with E-state index in [0.29, 0.717) is 12.0 Å². The maximum absolute atomic E-state index is 10.1. The zero-order valence-electron chi connectivity index (χ0n) is 11.3. The van der Waals surface area contributed by atoms with Crippen molar-refractivity contribution in [3.63, 3.8) is 0 Å². The molecule has 1 saturated heterocycles. The molecule has 2 atom stereocenters. The van der Waals surface area contributed by atoms with Gasteiger partial charge in [-0.25, -0.2) is 0 Å². The number of benzene rings is 1. The van der Waals surface area contributed by atoms with Crippen LogP contribution in [0.4, 0.5) is 0 Å². The Labute approximate surface area is 120 Å². The molecule has 2 fully saturated rings. The van der Waals surface area contributed by atoms with E-state index in [1.165, 1.54) is 31.2 Å². The van der Waals surface area contributed by atoms with Crippen molar-refractivity contribution in [2.24, 2.45) is 5.92 Å². The van der Waals surface area contributed by atoms with Crippen LogP contribution in [0.1, 0.15) is 31.2 Å². The van der Waals surface area contributed by atoms with Crippen molar-refractivity contribution >= 4 is 11.6 Å². The number of aliphatic hydroxyl groups is 1. The fourth-order valence-electron chi connectivity index (χ4n) is 3.15. The van der Waals surface area contributed by atoms with Gasteiger partial charge in [-0.05, 0) is 56.2 Å². The van der Waals surface area contributed by atoms with Gasteiger partial charge in [0.05, 0.1) is 6.10 Å². The van der Waals surface area contributed by atoms with E-state index < -0.39 is 0 Å². The summed E-state index contributed by atoms with van der Waals surface area (Å²) in [7, 11) is 0. The highest BCUT2D eigenvalue weighted by Gasteiger charge is 2.34. The largest absolute Gasteiger partial charge is 0.392 e. The summed E-state index contributed by atoms with van der Waals surface area (Å²) in [5.41, 5.74) is 1.24. The summed E-state index contributed by atoms with van der Waals surface area (Å²) in [5, 5.41) is 11.0. The summed E-state index contributed by atoms with van der Waals surface area (Å²) in [6, 6.07) is 8.67. The van der Waals surface area contributed by atoms with E-state index in [2.05, 4.69) is 17.0 Å². The lowest BCUT2D eigenvalue weighted by Crippen LogP contribution is -2.38. The molecule has 104 valence electrons. The second-order valence-electron chi connectivity index (χ2n) is 5.99. The van der Waals surface area contributed by atoms with Crippen LogP contribution in [-0.2, 0) is 6.42 Å². The first-order chi connectivity index (χ1) is 9.24. The Kier molecular flexibility index (Phi) is 4.11. The minimum Gasteiger partial charge on any atom is -0.392 e. The number of halogens is 1. The Hall–Kier alpha value is -0.570. The van der Waals surface area contributed by atoms with Crippen LogP contribution in [-0.4, -0.2) is 35.2 Å². The molecule has 1 saturated carbocycles. The molecule has 2 unspecified atom stereocenters. The van der Waals surface area contributed by atoms with Gasteiger partial charge in [-0.3, -0.25) is 4.90 Å². The summed E-state index contributed by atoms with van der Waals surface area (Å²) >= 11 is 6.25. The molecule has 0 radical (unpaired) electrons. The van der Waals surface area contributed by atoms with E-state index >= 15 is 0 Å².